The van der Waals surface area contributed by atoms with Crippen molar-refractivity contribution in [2.75, 3.05) is 19.7 Å². The van der Waals surface area contributed by atoms with E-state index in [1.807, 2.05) is 24.3 Å². The Balaban J connectivity index is 2.38. The van der Waals surface area contributed by atoms with Gasteiger partial charge in [0.15, 0.2) is 0 Å². The van der Waals surface area contributed by atoms with Crippen LogP contribution in [0.1, 0.15) is 26.3 Å². The van der Waals surface area contributed by atoms with Crippen LogP contribution in [0.2, 0.25) is 0 Å². The van der Waals surface area contributed by atoms with Crippen molar-refractivity contribution in [3.63, 3.8) is 0 Å². The van der Waals surface area contributed by atoms with Gasteiger partial charge < -0.3 is 15.6 Å². The average Bonchev–Trinajstić information content (AvgIpc) is 2.42. The summed E-state index contributed by atoms with van der Waals surface area (Å²) in [6.07, 6.45) is -0.475. The highest BCUT2D eigenvalue weighted by Crippen LogP contribution is 2.12. The summed E-state index contributed by atoms with van der Waals surface area (Å²) >= 11 is 0. The molecule has 1 aromatic carbocycles. The number of rotatable bonds is 8. The molecule has 19 heavy (non-hydrogen) atoms. The number of benzene rings is 1. The zero-order chi connectivity index (χ0) is 14.3. The van der Waals surface area contributed by atoms with Gasteiger partial charge in [-0.25, -0.2) is 0 Å². The standard InChI is InChI=1S/C15H26N2O2/c1-4-17(12(2)3)10-14(18)11-19-15-7-5-13(9-16)6-8-15/h5-8,12,14,18H,4,9-11,16H2,1-3H3. The van der Waals surface area contributed by atoms with Gasteiger partial charge >= 0.3 is 0 Å². The van der Waals surface area contributed by atoms with Crippen LogP contribution in [0.5, 0.6) is 5.75 Å². The van der Waals surface area contributed by atoms with Crippen LogP contribution in [-0.2, 0) is 6.54 Å². The van der Waals surface area contributed by atoms with Crippen molar-refractivity contribution < 1.29 is 9.84 Å². The minimum Gasteiger partial charge on any atom is -0.491 e. The Hall–Kier alpha value is -1.10. The average molecular weight is 266 g/mol. The van der Waals surface area contributed by atoms with Crippen molar-refractivity contribution in [2.24, 2.45) is 5.73 Å². The van der Waals surface area contributed by atoms with Gasteiger partial charge in [-0.15, -0.1) is 0 Å². The molecule has 1 aromatic rings. The molecule has 0 aliphatic heterocycles. The topological polar surface area (TPSA) is 58.7 Å². The van der Waals surface area contributed by atoms with E-state index in [9.17, 15) is 5.11 Å². The van der Waals surface area contributed by atoms with Crippen LogP contribution in [0, 0.1) is 0 Å². The van der Waals surface area contributed by atoms with Gasteiger partial charge in [0, 0.05) is 19.1 Å². The van der Waals surface area contributed by atoms with Crippen LogP contribution in [0.4, 0.5) is 0 Å². The molecule has 0 amide bonds. The summed E-state index contributed by atoms with van der Waals surface area (Å²) in [7, 11) is 0. The van der Waals surface area contributed by atoms with E-state index in [1.54, 1.807) is 0 Å². The second kappa shape index (κ2) is 8.15. The van der Waals surface area contributed by atoms with E-state index in [2.05, 4.69) is 25.7 Å². The Morgan fingerprint density at radius 1 is 1.26 bits per heavy atom. The SMILES string of the molecule is CCN(CC(O)COc1ccc(CN)cc1)C(C)C. The molecule has 0 aromatic heterocycles. The monoisotopic (exact) mass is 266 g/mol. The third kappa shape index (κ3) is 5.59. The van der Waals surface area contributed by atoms with E-state index in [-0.39, 0.29) is 0 Å². The van der Waals surface area contributed by atoms with E-state index in [0.717, 1.165) is 17.9 Å². The summed E-state index contributed by atoms with van der Waals surface area (Å²) < 4.78 is 5.57. The first-order chi connectivity index (χ1) is 9.06. The molecule has 0 saturated heterocycles. The van der Waals surface area contributed by atoms with Gasteiger partial charge in [0.05, 0.1) is 0 Å². The van der Waals surface area contributed by atoms with Crippen LogP contribution in [-0.4, -0.2) is 41.8 Å². The predicted octanol–water partition coefficient (Wildman–Crippen LogP) is 1.62. The first-order valence-corrected chi connectivity index (χ1v) is 6.90. The molecule has 0 spiro atoms. The lowest BCUT2D eigenvalue weighted by Crippen LogP contribution is -2.39. The minimum atomic E-state index is -0.475. The number of nitrogens with two attached hydrogens (primary N) is 1. The molecular formula is C15H26N2O2. The van der Waals surface area contributed by atoms with Crippen molar-refractivity contribution in [1.82, 2.24) is 4.90 Å². The molecule has 1 rings (SSSR count). The predicted molar refractivity (Wildman–Crippen MR) is 78.2 cm³/mol. The maximum absolute atomic E-state index is 9.98. The van der Waals surface area contributed by atoms with Gasteiger partial charge in [0.2, 0.25) is 0 Å². The normalized spacial score (nSPS) is 13.0. The Kier molecular flexibility index (Phi) is 6.84. The van der Waals surface area contributed by atoms with E-state index < -0.39 is 6.10 Å². The van der Waals surface area contributed by atoms with Gasteiger partial charge in [-0.3, -0.25) is 4.90 Å². The van der Waals surface area contributed by atoms with Gasteiger partial charge in [-0.05, 0) is 38.1 Å². The Labute approximate surface area is 116 Å². The first kappa shape index (κ1) is 16.0. The lowest BCUT2D eigenvalue weighted by atomic mass is 10.2. The smallest absolute Gasteiger partial charge is 0.119 e. The molecule has 0 bridgehead atoms. The summed E-state index contributed by atoms with van der Waals surface area (Å²) in [5, 5.41) is 9.98. The third-order valence-corrected chi connectivity index (χ3v) is 3.18. The van der Waals surface area contributed by atoms with E-state index in [4.69, 9.17) is 10.5 Å². The number of ether oxygens (including phenoxy) is 1. The lowest BCUT2D eigenvalue weighted by Gasteiger charge is -2.27. The fourth-order valence-electron chi connectivity index (χ4n) is 1.94. The van der Waals surface area contributed by atoms with Crippen molar-refractivity contribution in [3.05, 3.63) is 29.8 Å². The number of likely N-dealkylation sites (N-methyl/N-ethyl adjacent to an activating group) is 1. The summed E-state index contributed by atoms with van der Waals surface area (Å²) in [6, 6.07) is 8.08. The number of aliphatic hydroxyl groups excluding tert-OH is 1. The van der Waals surface area contributed by atoms with Crippen LogP contribution < -0.4 is 10.5 Å². The van der Waals surface area contributed by atoms with Gasteiger partial charge in [-0.1, -0.05) is 19.1 Å². The van der Waals surface area contributed by atoms with E-state index in [0.29, 0.717) is 25.7 Å². The molecule has 4 nitrogen and oxygen atoms in total. The minimum absolute atomic E-state index is 0.311. The van der Waals surface area contributed by atoms with Crippen LogP contribution >= 0.6 is 0 Å². The number of aliphatic hydroxyl groups is 1. The largest absolute Gasteiger partial charge is 0.491 e. The third-order valence-electron chi connectivity index (χ3n) is 3.18. The highest BCUT2D eigenvalue weighted by atomic mass is 16.5. The van der Waals surface area contributed by atoms with E-state index in [1.165, 1.54) is 0 Å². The molecule has 0 heterocycles. The maximum atomic E-state index is 9.98. The fourth-order valence-corrected chi connectivity index (χ4v) is 1.94. The number of hydrogen-bond donors (Lipinski definition) is 2. The van der Waals surface area contributed by atoms with Crippen molar-refractivity contribution in [2.45, 2.75) is 39.5 Å². The van der Waals surface area contributed by atoms with Crippen molar-refractivity contribution in [1.29, 1.82) is 0 Å². The van der Waals surface area contributed by atoms with Crippen LogP contribution in [0.15, 0.2) is 24.3 Å². The molecule has 0 radical (unpaired) electrons. The molecule has 0 fully saturated rings. The highest BCUT2D eigenvalue weighted by Gasteiger charge is 2.13. The lowest BCUT2D eigenvalue weighted by molar-refractivity contribution is 0.0597. The molecule has 4 heteroatoms. The zero-order valence-electron chi connectivity index (χ0n) is 12.2. The molecule has 1 atom stereocenters. The van der Waals surface area contributed by atoms with Crippen LogP contribution in [0.3, 0.4) is 0 Å². The molecule has 0 aliphatic carbocycles. The second-order valence-corrected chi connectivity index (χ2v) is 4.99. The summed E-state index contributed by atoms with van der Waals surface area (Å²) in [4.78, 5) is 2.21. The number of nitrogens with zero attached hydrogens (tertiary/aromatic N) is 1. The molecule has 0 saturated carbocycles. The second-order valence-electron chi connectivity index (χ2n) is 4.99. The Morgan fingerprint density at radius 2 is 1.89 bits per heavy atom. The van der Waals surface area contributed by atoms with Gasteiger partial charge in [-0.2, -0.15) is 0 Å². The highest BCUT2D eigenvalue weighted by molar-refractivity contribution is 5.27. The molecule has 1 unspecified atom stereocenters. The fraction of sp³-hybridized carbons (Fsp3) is 0.600. The van der Waals surface area contributed by atoms with Crippen molar-refractivity contribution in [3.8, 4) is 5.75 Å². The summed E-state index contributed by atoms with van der Waals surface area (Å²) in [5.41, 5.74) is 6.61. The van der Waals surface area contributed by atoms with Gasteiger partial charge in [0.1, 0.15) is 18.5 Å². The van der Waals surface area contributed by atoms with E-state index >= 15 is 0 Å². The Bertz CT molecular complexity index is 352. The van der Waals surface area contributed by atoms with Crippen LogP contribution in [0.25, 0.3) is 0 Å². The van der Waals surface area contributed by atoms with Crippen molar-refractivity contribution >= 4 is 0 Å². The molecular weight excluding hydrogens is 240 g/mol. The summed E-state index contributed by atoms with van der Waals surface area (Å²) in [6.45, 7) is 8.76. The Morgan fingerprint density at radius 3 is 2.37 bits per heavy atom. The first-order valence-electron chi connectivity index (χ1n) is 6.90. The number of hydrogen-bond acceptors (Lipinski definition) is 4. The molecule has 108 valence electrons. The molecule has 3 N–H and O–H groups in total. The molecule has 0 aliphatic rings. The summed E-state index contributed by atoms with van der Waals surface area (Å²) in [5.74, 6) is 0.767. The quantitative estimate of drug-likeness (QED) is 0.750. The van der Waals surface area contributed by atoms with Gasteiger partial charge in [0.25, 0.3) is 0 Å². The zero-order valence-corrected chi connectivity index (χ0v) is 12.2. The maximum Gasteiger partial charge on any atom is 0.119 e.